The van der Waals surface area contributed by atoms with E-state index in [9.17, 15) is 4.79 Å². The van der Waals surface area contributed by atoms with Crippen molar-refractivity contribution in [3.63, 3.8) is 0 Å². The van der Waals surface area contributed by atoms with Crippen molar-refractivity contribution in [2.75, 3.05) is 0 Å². The quantitative estimate of drug-likeness (QED) is 0.469. The lowest BCUT2D eigenvalue weighted by atomic mass is 10.1. The highest BCUT2D eigenvalue weighted by molar-refractivity contribution is 5.66. The Bertz CT molecular complexity index is 318. The van der Waals surface area contributed by atoms with Crippen LogP contribution >= 0.6 is 0 Å². The molecule has 108 valence electrons. The maximum absolute atomic E-state index is 10.3. The standard InChI is InChI=1S/C16H26O3/c1-13(17)8-7-10-15-12-14(15)9-5-3-2-4-6-11-16(18)19/h2-3,7-8,13-15,17H,4-6,9-12H2,1H3,(H,18,19)/b3-2-,8-7+/t13-,14+,15-/m0/s1. The molecular weight excluding hydrogens is 240 g/mol. The molecule has 19 heavy (non-hydrogen) atoms. The first kappa shape index (κ1) is 16.0. The first-order valence-corrected chi connectivity index (χ1v) is 7.31. The molecule has 0 bridgehead atoms. The predicted octanol–water partition coefficient (Wildman–Crippen LogP) is 3.54. The highest BCUT2D eigenvalue weighted by Gasteiger charge is 2.34. The summed E-state index contributed by atoms with van der Waals surface area (Å²) in [7, 11) is 0. The van der Waals surface area contributed by atoms with Crippen LogP contribution in [0.2, 0.25) is 0 Å². The van der Waals surface area contributed by atoms with Crippen molar-refractivity contribution in [1.82, 2.24) is 0 Å². The minimum absolute atomic E-state index is 0.269. The van der Waals surface area contributed by atoms with E-state index in [1.165, 1.54) is 12.8 Å². The summed E-state index contributed by atoms with van der Waals surface area (Å²) in [6.45, 7) is 1.77. The van der Waals surface area contributed by atoms with E-state index < -0.39 is 5.97 Å². The molecule has 2 N–H and O–H groups in total. The van der Waals surface area contributed by atoms with Crippen LogP contribution in [0.15, 0.2) is 24.3 Å². The van der Waals surface area contributed by atoms with E-state index in [1.54, 1.807) is 6.92 Å². The highest BCUT2D eigenvalue weighted by Crippen LogP contribution is 2.44. The van der Waals surface area contributed by atoms with Gasteiger partial charge in [-0.3, -0.25) is 4.79 Å². The second kappa shape index (κ2) is 8.92. The van der Waals surface area contributed by atoms with Crippen molar-refractivity contribution in [2.45, 2.75) is 58.0 Å². The molecule has 0 saturated heterocycles. The minimum atomic E-state index is -0.709. The van der Waals surface area contributed by atoms with Crippen LogP contribution in [0.1, 0.15) is 51.9 Å². The zero-order valence-electron chi connectivity index (χ0n) is 11.8. The Morgan fingerprint density at radius 2 is 2.00 bits per heavy atom. The third-order valence-corrected chi connectivity index (χ3v) is 3.55. The van der Waals surface area contributed by atoms with Crippen LogP contribution in [-0.2, 0) is 4.79 Å². The second-order valence-electron chi connectivity index (χ2n) is 5.50. The molecule has 0 aromatic rings. The SMILES string of the molecule is C[C@H](O)/C=C/C[C@H]1C[C@H]1CC/C=C\CCCC(=O)O. The highest BCUT2D eigenvalue weighted by atomic mass is 16.4. The van der Waals surface area contributed by atoms with E-state index in [1.807, 2.05) is 6.08 Å². The van der Waals surface area contributed by atoms with E-state index in [-0.39, 0.29) is 12.5 Å². The molecule has 3 heteroatoms. The molecule has 0 spiro atoms. The van der Waals surface area contributed by atoms with Crippen molar-refractivity contribution >= 4 is 5.97 Å². The number of carbonyl (C=O) groups is 1. The molecule has 0 amide bonds. The summed E-state index contributed by atoms with van der Waals surface area (Å²) >= 11 is 0. The molecule has 1 rings (SSSR count). The number of allylic oxidation sites excluding steroid dienone is 3. The molecule has 1 fully saturated rings. The van der Waals surface area contributed by atoms with Crippen molar-refractivity contribution in [2.24, 2.45) is 11.8 Å². The van der Waals surface area contributed by atoms with Gasteiger partial charge in [-0.1, -0.05) is 24.3 Å². The number of hydrogen-bond acceptors (Lipinski definition) is 2. The summed E-state index contributed by atoms with van der Waals surface area (Å²) in [4.78, 5) is 10.3. The molecule has 0 aromatic carbocycles. The van der Waals surface area contributed by atoms with Crippen molar-refractivity contribution in [3.05, 3.63) is 24.3 Å². The van der Waals surface area contributed by atoms with Gasteiger partial charge in [-0.15, -0.1) is 0 Å². The lowest BCUT2D eigenvalue weighted by Crippen LogP contribution is -1.92. The van der Waals surface area contributed by atoms with Gasteiger partial charge in [-0.05, 0) is 57.3 Å². The molecule has 3 atom stereocenters. The van der Waals surface area contributed by atoms with Crippen LogP contribution in [-0.4, -0.2) is 22.3 Å². The lowest BCUT2D eigenvalue weighted by Gasteiger charge is -1.96. The zero-order valence-corrected chi connectivity index (χ0v) is 11.8. The maximum Gasteiger partial charge on any atom is 0.303 e. The largest absolute Gasteiger partial charge is 0.481 e. The van der Waals surface area contributed by atoms with E-state index in [4.69, 9.17) is 10.2 Å². The number of unbranched alkanes of at least 4 members (excludes halogenated alkanes) is 1. The summed E-state index contributed by atoms with van der Waals surface area (Å²) < 4.78 is 0. The number of hydrogen-bond donors (Lipinski definition) is 2. The normalized spacial score (nSPS) is 24.1. The summed E-state index contributed by atoms with van der Waals surface area (Å²) in [6.07, 6.45) is 14.5. The summed E-state index contributed by atoms with van der Waals surface area (Å²) in [5, 5.41) is 17.6. The van der Waals surface area contributed by atoms with Crippen LogP contribution in [0.25, 0.3) is 0 Å². The van der Waals surface area contributed by atoms with Gasteiger partial charge in [0.2, 0.25) is 0 Å². The fourth-order valence-corrected chi connectivity index (χ4v) is 2.32. The second-order valence-corrected chi connectivity index (χ2v) is 5.50. The van der Waals surface area contributed by atoms with E-state index in [2.05, 4.69) is 18.2 Å². The Hall–Kier alpha value is -1.09. The Morgan fingerprint density at radius 3 is 2.68 bits per heavy atom. The fourth-order valence-electron chi connectivity index (χ4n) is 2.32. The zero-order chi connectivity index (χ0) is 14.1. The number of aliphatic hydroxyl groups is 1. The average Bonchev–Trinajstić information content (AvgIpc) is 3.05. The van der Waals surface area contributed by atoms with Gasteiger partial charge >= 0.3 is 5.97 Å². The summed E-state index contributed by atoms with van der Waals surface area (Å²) in [6, 6.07) is 0. The van der Waals surface area contributed by atoms with Gasteiger partial charge in [-0.25, -0.2) is 0 Å². The first-order valence-electron chi connectivity index (χ1n) is 7.31. The number of carboxylic acids is 1. The predicted molar refractivity (Wildman–Crippen MR) is 76.9 cm³/mol. The lowest BCUT2D eigenvalue weighted by molar-refractivity contribution is -0.137. The van der Waals surface area contributed by atoms with Gasteiger partial charge in [0, 0.05) is 6.42 Å². The number of rotatable bonds is 10. The number of carboxylic acid groups (broad SMARTS) is 1. The molecule has 1 aliphatic rings. The van der Waals surface area contributed by atoms with Gasteiger partial charge in [0.25, 0.3) is 0 Å². The molecule has 0 aromatic heterocycles. The molecule has 3 nitrogen and oxygen atoms in total. The third-order valence-electron chi connectivity index (χ3n) is 3.55. The first-order chi connectivity index (χ1) is 9.09. The topological polar surface area (TPSA) is 57.5 Å². The van der Waals surface area contributed by atoms with Gasteiger partial charge in [0.15, 0.2) is 0 Å². The molecule has 0 aliphatic heterocycles. The Balaban J connectivity index is 1.94. The van der Waals surface area contributed by atoms with Crippen LogP contribution < -0.4 is 0 Å². The fraction of sp³-hybridized carbons (Fsp3) is 0.688. The van der Waals surface area contributed by atoms with Gasteiger partial charge in [0.1, 0.15) is 0 Å². The maximum atomic E-state index is 10.3. The van der Waals surface area contributed by atoms with Crippen LogP contribution in [0.5, 0.6) is 0 Å². The molecule has 0 unspecified atom stereocenters. The smallest absolute Gasteiger partial charge is 0.303 e. The number of aliphatic carboxylic acids is 1. The van der Waals surface area contributed by atoms with Crippen LogP contribution in [0, 0.1) is 11.8 Å². The Labute approximate surface area is 116 Å². The Kier molecular flexibility index (Phi) is 7.49. The Morgan fingerprint density at radius 1 is 1.26 bits per heavy atom. The monoisotopic (exact) mass is 266 g/mol. The summed E-state index contributed by atoms with van der Waals surface area (Å²) in [5.41, 5.74) is 0. The van der Waals surface area contributed by atoms with E-state index in [0.717, 1.165) is 37.5 Å². The molecule has 1 aliphatic carbocycles. The van der Waals surface area contributed by atoms with Crippen LogP contribution in [0.3, 0.4) is 0 Å². The number of aliphatic hydroxyl groups excluding tert-OH is 1. The molecular formula is C16H26O3. The van der Waals surface area contributed by atoms with Crippen molar-refractivity contribution in [1.29, 1.82) is 0 Å². The van der Waals surface area contributed by atoms with Gasteiger partial charge in [-0.2, -0.15) is 0 Å². The minimum Gasteiger partial charge on any atom is -0.481 e. The average molecular weight is 266 g/mol. The van der Waals surface area contributed by atoms with Crippen molar-refractivity contribution in [3.8, 4) is 0 Å². The van der Waals surface area contributed by atoms with E-state index >= 15 is 0 Å². The third kappa shape index (κ3) is 8.60. The van der Waals surface area contributed by atoms with Gasteiger partial charge in [0.05, 0.1) is 6.10 Å². The van der Waals surface area contributed by atoms with Gasteiger partial charge < -0.3 is 10.2 Å². The van der Waals surface area contributed by atoms with Crippen LogP contribution in [0.4, 0.5) is 0 Å². The molecule has 0 heterocycles. The molecule has 0 radical (unpaired) electrons. The van der Waals surface area contributed by atoms with E-state index in [0.29, 0.717) is 0 Å². The summed E-state index contributed by atoms with van der Waals surface area (Å²) in [5.74, 6) is 0.956. The molecule has 1 saturated carbocycles. The van der Waals surface area contributed by atoms with Crippen molar-refractivity contribution < 1.29 is 15.0 Å².